The van der Waals surface area contributed by atoms with Crippen molar-refractivity contribution < 1.29 is 5.11 Å². The number of amidine groups is 1. The van der Waals surface area contributed by atoms with Gasteiger partial charge in [0.05, 0.1) is 0 Å². The number of aromatic hydroxyl groups is 1. The van der Waals surface area contributed by atoms with Gasteiger partial charge in [-0.15, -0.1) is 0 Å². The maximum atomic E-state index is 10.2. The van der Waals surface area contributed by atoms with E-state index < -0.39 is 5.54 Å². The van der Waals surface area contributed by atoms with E-state index in [9.17, 15) is 5.11 Å². The third-order valence-electron chi connectivity index (χ3n) is 5.48. The molecule has 1 atom stereocenters. The smallest absolute Gasteiger partial charge is 0.139 e. The number of aliphatic imine (C=N–C) groups is 1. The molecule has 1 aliphatic heterocycles. The number of aromatic nitrogens is 1. The van der Waals surface area contributed by atoms with E-state index >= 15 is 0 Å². The van der Waals surface area contributed by atoms with Crippen LogP contribution in [0.15, 0.2) is 76.3 Å². The summed E-state index contributed by atoms with van der Waals surface area (Å²) in [7, 11) is 0. The third kappa shape index (κ3) is 2.85. The quantitative estimate of drug-likeness (QED) is 0.810. The number of phenols is 1. The summed E-state index contributed by atoms with van der Waals surface area (Å²) in [6.45, 7) is 6.11. The topological polar surface area (TPSA) is 71.5 Å². The fraction of sp³-hybridized carbons (Fsp3) is 0.250. The van der Waals surface area contributed by atoms with Crippen LogP contribution in [0.4, 0.5) is 0 Å². The number of rotatable bonds is 2. The minimum atomic E-state index is -0.806. The van der Waals surface area contributed by atoms with Gasteiger partial charge >= 0.3 is 0 Å². The van der Waals surface area contributed by atoms with E-state index in [2.05, 4.69) is 42.3 Å². The second-order valence-corrected chi connectivity index (χ2v) is 7.60. The zero-order valence-electron chi connectivity index (χ0n) is 16.5. The molecule has 3 N–H and O–H groups in total. The Morgan fingerprint density at radius 2 is 1.79 bits per heavy atom. The Morgan fingerprint density at radius 1 is 1.04 bits per heavy atom. The highest BCUT2D eigenvalue weighted by Gasteiger charge is 2.46. The predicted octanol–water partition coefficient (Wildman–Crippen LogP) is 4.61. The molecule has 4 heteroatoms. The number of fused-ring (bicyclic) bond motifs is 1. The minimum Gasteiger partial charge on any atom is -0.508 e. The first-order chi connectivity index (χ1) is 13.4. The van der Waals surface area contributed by atoms with Crippen LogP contribution < -0.4 is 5.73 Å². The molecule has 0 bridgehead atoms. The van der Waals surface area contributed by atoms with Crippen molar-refractivity contribution in [3.8, 4) is 5.75 Å². The van der Waals surface area contributed by atoms with Gasteiger partial charge < -0.3 is 10.8 Å². The second kappa shape index (κ2) is 6.79. The van der Waals surface area contributed by atoms with Crippen LogP contribution >= 0.6 is 0 Å². The number of aryl methyl sites for hydroxylation is 2. The van der Waals surface area contributed by atoms with Gasteiger partial charge in [-0.3, -0.25) is 4.98 Å². The SMILES string of the molecule is CC1=C2C(=CC=CCC1)C(c1cccc(O)c1)(c1cc(C)nc(C)c1)N=C2N. The zero-order valence-corrected chi connectivity index (χ0v) is 16.5. The van der Waals surface area contributed by atoms with E-state index in [4.69, 9.17) is 10.7 Å². The van der Waals surface area contributed by atoms with Gasteiger partial charge in [0.2, 0.25) is 0 Å². The molecule has 0 fully saturated rings. The molecule has 28 heavy (non-hydrogen) atoms. The summed E-state index contributed by atoms with van der Waals surface area (Å²) in [6.07, 6.45) is 8.33. The van der Waals surface area contributed by atoms with Crippen molar-refractivity contribution in [3.63, 3.8) is 0 Å². The number of allylic oxidation sites excluding steroid dienone is 4. The Bertz CT molecular complexity index is 1050. The van der Waals surface area contributed by atoms with Gasteiger partial charge in [0.1, 0.15) is 17.1 Å². The number of nitrogens with zero attached hydrogens (tertiary/aromatic N) is 2. The van der Waals surface area contributed by atoms with Gasteiger partial charge in [0.15, 0.2) is 0 Å². The van der Waals surface area contributed by atoms with Crippen LogP contribution in [0.25, 0.3) is 0 Å². The Morgan fingerprint density at radius 3 is 2.50 bits per heavy atom. The number of phenolic OH excluding ortho intramolecular Hbond substituents is 1. The van der Waals surface area contributed by atoms with Gasteiger partial charge in [-0.05, 0) is 74.6 Å². The lowest BCUT2D eigenvalue weighted by Gasteiger charge is -2.31. The molecule has 0 saturated carbocycles. The standard InChI is InChI=1S/C24H25N3O/c1-15-8-5-4-6-11-21-22(15)23(25)27-24(21,18-9-7-10-20(28)14-18)19-12-16(2)26-17(3)13-19/h4,6-7,9-14,28H,5,8H2,1-3H3,(H2,25,27). The fourth-order valence-electron chi connectivity index (χ4n) is 4.33. The maximum Gasteiger partial charge on any atom is 0.139 e. The Labute approximate surface area is 165 Å². The molecule has 1 unspecified atom stereocenters. The molecule has 1 aromatic heterocycles. The summed E-state index contributed by atoms with van der Waals surface area (Å²) < 4.78 is 0. The molecular formula is C24H25N3O. The van der Waals surface area contributed by atoms with Gasteiger partial charge in [0, 0.05) is 17.0 Å². The first kappa shape index (κ1) is 18.2. The molecule has 4 nitrogen and oxygen atoms in total. The zero-order chi connectivity index (χ0) is 19.9. The van der Waals surface area contributed by atoms with E-state index in [1.165, 1.54) is 5.57 Å². The highest BCUT2D eigenvalue weighted by Crippen LogP contribution is 2.50. The van der Waals surface area contributed by atoms with Crippen molar-refractivity contribution in [1.82, 2.24) is 4.98 Å². The van der Waals surface area contributed by atoms with Crippen molar-refractivity contribution in [3.05, 3.63) is 93.9 Å². The monoisotopic (exact) mass is 371 g/mol. The molecule has 2 heterocycles. The summed E-state index contributed by atoms with van der Waals surface area (Å²) in [5.41, 5.74) is 12.8. The number of hydrogen-bond donors (Lipinski definition) is 2. The summed E-state index contributed by atoms with van der Waals surface area (Å²) in [5.74, 6) is 0.763. The maximum absolute atomic E-state index is 10.2. The van der Waals surface area contributed by atoms with Gasteiger partial charge in [-0.25, -0.2) is 4.99 Å². The van der Waals surface area contributed by atoms with E-state index in [1.807, 2.05) is 26.0 Å². The van der Waals surface area contributed by atoms with Crippen LogP contribution in [0.3, 0.4) is 0 Å². The van der Waals surface area contributed by atoms with E-state index in [0.29, 0.717) is 5.84 Å². The van der Waals surface area contributed by atoms with Gasteiger partial charge in [-0.2, -0.15) is 0 Å². The lowest BCUT2D eigenvalue weighted by Crippen LogP contribution is -2.26. The largest absolute Gasteiger partial charge is 0.508 e. The Kier molecular flexibility index (Phi) is 4.42. The van der Waals surface area contributed by atoms with E-state index in [0.717, 1.165) is 46.5 Å². The summed E-state index contributed by atoms with van der Waals surface area (Å²) in [4.78, 5) is 9.60. The molecule has 0 amide bonds. The average Bonchev–Trinajstić information content (AvgIpc) is 2.91. The van der Waals surface area contributed by atoms with Crippen molar-refractivity contribution in [2.24, 2.45) is 10.7 Å². The molecule has 0 spiro atoms. The van der Waals surface area contributed by atoms with Crippen LogP contribution in [0, 0.1) is 13.8 Å². The Hall–Kier alpha value is -3.14. The van der Waals surface area contributed by atoms with Crippen LogP contribution in [-0.2, 0) is 5.54 Å². The van der Waals surface area contributed by atoms with Gasteiger partial charge in [-0.1, -0.05) is 35.9 Å². The summed E-state index contributed by atoms with van der Waals surface area (Å²) in [6, 6.07) is 11.4. The number of nitrogens with two attached hydrogens (primary N) is 1. The molecule has 1 aromatic carbocycles. The van der Waals surface area contributed by atoms with Crippen molar-refractivity contribution in [1.29, 1.82) is 0 Å². The van der Waals surface area contributed by atoms with Crippen LogP contribution in [0.5, 0.6) is 5.75 Å². The number of benzene rings is 1. The molecule has 4 rings (SSSR count). The molecule has 2 aliphatic rings. The fourth-order valence-corrected chi connectivity index (χ4v) is 4.33. The lowest BCUT2D eigenvalue weighted by molar-refractivity contribution is 0.473. The number of pyridine rings is 1. The van der Waals surface area contributed by atoms with Gasteiger partial charge in [0.25, 0.3) is 0 Å². The number of hydrogen-bond acceptors (Lipinski definition) is 4. The normalized spacial score (nSPS) is 21.7. The molecular weight excluding hydrogens is 346 g/mol. The van der Waals surface area contributed by atoms with E-state index in [-0.39, 0.29) is 5.75 Å². The predicted molar refractivity (Wildman–Crippen MR) is 113 cm³/mol. The van der Waals surface area contributed by atoms with Crippen molar-refractivity contribution in [2.45, 2.75) is 39.2 Å². The summed E-state index contributed by atoms with van der Waals surface area (Å²) >= 11 is 0. The third-order valence-corrected chi connectivity index (χ3v) is 5.48. The molecule has 1 aliphatic carbocycles. The molecule has 142 valence electrons. The van der Waals surface area contributed by atoms with Crippen LogP contribution in [-0.4, -0.2) is 15.9 Å². The first-order valence-corrected chi connectivity index (χ1v) is 9.60. The van der Waals surface area contributed by atoms with E-state index in [1.54, 1.807) is 12.1 Å². The van der Waals surface area contributed by atoms with Crippen LogP contribution in [0.1, 0.15) is 42.3 Å². The lowest BCUT2D eigenvalue weighted by atomic mass is 9.75. The second-order valence-electron chi connectivity index (χ2n) is 7.60. The van der Waals surface area contributed by atoms with Crippen molar-refractivity contribution >= 4 is 5.84 Å². The van der Waals surface area contributed by atoms with Crippen molar-refractivity contribution in [2.75, 3.05) is 0 Å². The molecule has 0 saturated heterocycles. The summed E-state index contributed by atoms with van der Waals surface area (Å²) in [5, 5.41) is 10.2. The highest BCUT2D eigenvalue weighted by molar-refractivity contribution is 6.06. The minimum absolute atomic E-state index is 0.212. The first-order valence-electron chi connectivity index (χ1n) is 9.60. The Balaban J connectivity index is 2.11. The molecule has 2 aromatic rings. The molecule has 0 radical (unpaired) electrons. The highest BCUT2D eigenvalue weighted by atomic mass is 16.3. The average molecular weight is 371 g/mol. The van der Waals surface area contributed by atoms with Crippen LogP contribution in [0.2, 0.25) is 0 Å².